The van der Waals surface area contributed by atoms with Crippen LogP contribution in [0, 0.1) is 0 Å². The molecule has 0 N–H and O–H groups in total. The molecule has 0 saturated carbocycles. The second-order valence-corrected chi connectivity index (χ2v) is 4.19. The molecule has 0 aliphatic rings. The highest BCUT2D eigenvalue weighted by atomic mass is 16.1. The van der Waals surface area contributed by atoms with Gasteiger partial charge in [0, 0.05) is 6.20 Å². The molecule has 4 nitrogen and oxygen atoms in total. The van der Waals surface area contributed by atoms with E-state index in [-0.39, 0.29) is 5.54 Å². The van der Waals surface area contributed by atoms with E-state index in [1.807, 2.05) is 17.1 Å². The van der Waals surface area contributed by atoms with Crippen LogP contribution in [0.1, 0.15) is 26.3 Å². The van der Waals surface area contributed by atoms with Crippen molar-refractivity contribution in [3.8, 4) is 0 Å². The average molecular weight is 193 g/mol. The molecule has 0 bridgehead atoms. The number of aliphatic imine (C=N–C) groups is 1. The standard InChI is InChI=1S/C10H15N3O/c1-10(2,3)13-7-9(6-12-13)4-5-11-8-14/h6-7H,4-5H2,1-3H3. The second kappa shape index (κ2) is 4.20. The Morgan fingerprint density at radius 1 is 1.57 bits per heavy atom. The normalized spacial score (nSPS) is 11.1. The number of carbonyl (C=O) groups excluding carboxylic acids is 1. The summed E-state index contributed by atoms with van der Waals surface area (Å²) >= 11 is 0. The molecule has 14 heavy (non-hydrogen) atoms. The van der Waals surface area contributed by atoms with Crippen LogP contribution >= 0.6 is 0 Å². The van der Waals surface area contributed by atoms with Crippen LogP contribution in [0.4, 0.5) is 0 Å². The summed E-state index contributed by atoms with van der Waals surface area (Å²) < 4.78 is 1.91. The largest absolute Gasteiger partial charge is 0.267 e. The summed E-state index contributed by atoms with van der Waals surface area (Å²) in [6.45, 7) is 6.76. The van der Waals surface area contributed by atoms with Gasteiger partial charge >= 0.3 is 0 Å². The molecular weight excluding hydrogens is 178 g/mol. The van der Waals surface area contributed by atoms with Gasteiger partial charge in [-0.05, 0) is 32.8 Å². The smallest absolute Gasteiger partial charge is 0.234 e. The van der Waals surface area contributed by atoms with Crippen LogP contribution in [0.3, 0.4) is 0 Å². The lowest BCUT2D eigenvalue weighted by atomic mass is 10.1. The maximum Gasteiger partial charge on any atom is 0.234 e. The Bertz CT molecular complexity index is 342. The SMILES string of the molecule is CC(C)(C)n1cc(CCN=C=O)cn1. The third-order valence-electron chi connectivity index (χ3n) is 1.90. The first-order valence-corrected chi connectivity index (χ1v) is 4.61. The van der Waals surface area contributed by atoms with Gasteiger partial charge in [0.25, 0.3) is 0 Å². The van der Waals surface area contributed by atoms with Gasteiger partial charge in [-0.2, -0.15) is 5.10 Å². The van der Waals surface area contributed by atoms with E-state index >= 15 is 0 Å². The van der Waals surface area contributed by atoms with Crippen molar-refractivity contribution >= 4 is 6.08 Å². The zero-order valence-electron chi connectivity index (χ0n) is 8.82. The van der Waals surface area contributed by atoms with Crippen LogP contribution in [0.5, 0.6) is 0 Å². The third-order valence-corrected chi connectivity index (χ3v) is 1.90. The number of hydrogen-bond acceptors (Lipinski definition) is 3. The van der Waals surface area contributed by atoms with Gasteiger partial charge in [0.05, 0.1) is 18.3 Å². The van der Waals surface area contributed by atoms with Crippen LogP contribution in [-0.4, -0.2) is 22.4 Å². The van der Waals surface area contributed by atoms with Gasteiger partial charge in [-0.3, -0.25) is 4.68 Å². The van der Waals surface area contributed by atoms with Gasteiger partial charge in [-0.25, -0.2) is 9.79 Å². The Hall–Kier alpha value is -1.41. The number of rotatable bonds is 3. The van der Waals surface area contributed by atoms with Crippen molar-refractivity contribution in [1.82, 2.24) is 9.78 Å². The van der Waals surface area contributed by atoms with Crippen LogP contribution in [-0.2, 0) is 16.8 Å². The monoisotopic (exact) mass is 193 g/mol. The van der Waals surface area contributed by atoms with E-state index < -0.39 is 0 Å². The average Bonchev–Trinajstić information content (AvgIpc) is 2.52. The molecule has 0 fully saturated rings. The fourth-order valence-corrected chi connectivity index (χ4v) is 1.09. The first kappa shape index (κ1) is 10.7. The maximum absolute atomic E-state index is 9.85. The third kappa shape index (κ3) is 2.82. The lowest BCUT2D eigenvalue weighted by Crippen LogP contribution is -2.21. The number of nitrogens with zero attached hydrogens (tertiary/aromatic N) is 3. The summed E-state index contributed by atoms with van der Waals surface area (Å²) in [7, 11) is 0. The number of aromatic nitrogens is 2. The molecule has 1 aromatic heterocycles. The topological polar surface area (TPSA) is 47.2 Å². The van der Waals surface area contributed by atoms with E-state index in [0.717, 1.165) is 12.0 Å². The maximum atomic E-state index is 9.85. The minimum absolute atomic E-state index is 0.00613. The first-order valence-electron chi connectivity index (χ1n) is 4.61. The first-order chi connectivity index (χ1) is 6.54. The molecule has 0 amide bonds. The van der Waals surface area contributed by atoms with Crippen molar-refractivity contribution in [2.24, 2.45) is 4.99 Å². The van der Waals surface area contributed by atoms with Gasteiger partial charge < -0.3 is 0 Å². The van der Waals surface area contributed by atoms with E-state index in [0.29, 0.717) is 6.54 Å². The van der Waals surface area contributed by atoms with Gasteiger partial charge in [-0.15, -0.1) is 0 Å². The van der Waals surface area contributed by atoms with Crippen molar-refractivity contribution in [2.45, 2.75) is 32.7 Å². The molecule has 0 saturated heterocycles. The highest BCUT2D eigenvalue weighted by molar-refractivity contribution is 5.32. The molecule has 0 atom stereocenters. The van der Waals surface area contributed by atoms with E-state index in [1.54, 1.807) is 0 Å². The number of hydrogen-bond donors (Lipinski definition) is 0. The minimum atomic E-state index is 0.00613. The quantitative estimate of drug-likeness (QED) is 0.539. The molecule has 0 radical (unpaired) electrons. The zero-order chi connectivity index (χ0) is 10.6. The van der Waals surface area contributed by atoms with Gasteiger partial charge in [0.1, 0.15) is 0 Å². The summed E-state index contributed by atoms with van der Waals surface area (Å²) in [5, 5.41) is 4.24. The Kier molecular flexibility index (Phi) is 3.20. The Balaban J connectivity index is 2.64. The summed E-state index contributed by atoms with van der Waals surface area (Å²) in [4.78, 5) is 13.3. The molecule has 0 spiro atoms. The van der Waals surface area contributed by atoms with E-state index in [1.165, 1.54) is 6.08 Å². The van der Waals surface area contributed by atoms with E-state index in [4.69, 9.17) is 0 Å². The van der Waals surface area contributed by atoms with Crippen molar-refractivity contribution in [3.05, 3.63) is 18.0 Å². The predicted octanol–water partition coefficient (Wildman–Crippen LogP) is 1.52. The van der Waals surface area contributed by atoms with E-state index in [2.05, 4.69) is 30.9 Å². The molecular formula is C10H15N3O. The van der Waals surface area contributed by atoms with Crippen molar-refractivity contribution < 1.29 is 4.79 Å². The van der Waals surface area contributed by atoms with Gasteiger partial charge in [-0.1, -0.05) is 0 Å². The Labute approximate surface area is 83.7 Å². The molecule has 1 aromatic rings. The highest BCUT2D eigenvalue weighted by Crippen LogP contribution is 2.13. The highest BCUT2D eigenvalue weighted by Gasteiger charge is 2.13. The van der Waals surface area contributed by atoms with Crippen LogP contribution in [0.2, 0.25) is 0 Å². The van der Waals surface area contributed by atoms with Crippen molar-refractivity contribution in [3.63, 3.8) is 0 Å². The molecule has 1 rings (SSSR count). The predicted molar refractivity (Wildman–Crippen MR) is 53.9 cm³/mol. The van der Waals surface area contributed by atoms with Crippen molar-refractivity contribution in [2.75, 3.05) is 6.54 Å². The molecule has 0 aliphatic heterocycles. The number of isocyanates is 1. The molecule has 4 heteroatoms. The van der Waals surface area contributed by atoms with Crippen LogP contribution in [0.15, 0.2) is 17.4 Å². The summed E-state index contributed by atoms with van der Waals surface area (Å²) in [5.74, 6) is 0. The fraction of sp³-hybridized carbons (Fsp3) is 0.600. The second-order valence-electron chi connectivity index (χ2n) is 4.19. The van der Waals surface area contributed by atoms with Crippen LogP contribution in [0.25, 0.3) is 0 Å². The van der Waals surface area contributed by atoms with Gasteiger partial charge in [0.2, 0.25) is 6.08 Å². The molecule has 0 aromatic carbocycles. The summed E-state index contributed by atoms with van der Waals surface area (Å²) in [6.07, 6.45) is 6.06. The fourth-order valence-electron chi connectivity index (χ4n) is 1.09. The molecule has 0 aliphatic carbocycles. The molecule has 1 heterocycles. The zero-order valence-corrected chi connectivity index (χ0v) is 8.82. The lowest BCUT2D eigenvalue weighted by Gasteiger charge is -2.18. The lowest BCUT2D eigenvalue weighted by molar-refractivity contribution is 0.355. The summed E-state index contributed by atoms with van der Waals surface area (Å²) in [6, 6.07) is 0. The Morgan fingerprint density at radius 3 is 2.79 bits per heavy atom. The summed E-state index contributed by atoms with van der Waals surface area (Å²) in [5.41, 5.74) is 1.10. The minimum Gasteiger partial charge on any atom is -0.267 e. The molecule has 0 unspecified atom stereocenters. The van der Waals surface area contributed by atoms with Crippen LogP contribution < -0.4 is 0 Å². The Morgan fingerprint density at radius 2 is 2.29 bits per heavy atom. The van der Waals surface area contributed by atoms with Gasteiger partial charge in [0.15, 0.2) is 0 Å². The molecule has 76 valence electrons. The van der Waals surface area contributed by atoms with Crippen molar-refractivity contribution in [1.29, 1.82) is 0 Å². The van der Waals surface area contributed by atoms with E-state index in [9.17, 15) is 4.79 Å².